The van der Waals surface area contributed by atoms with Gasteiger partial charge in [-0.1, -0.05) is 0 Å². The molecule has 0 bridgehead atoms. The highest BCUT2D eigenvalue weighted by molar-refractivity contribution is 7.91. The summed E-state index contributed by atoms with van der Waals surface area (Å²) in [4.78, 5) is 32.6. The summed E-state index contributed by atoms with van der Waals surface area (Å²) in [6.45, 7) is 0.102. The second-order valence-electron chi connectivity index (χ2n) is 4.61. The van der Waals surface area contributed by atoms with Gasteiger partial charge in [-0.3, -0.25) is 4.79 Å². The molecule has 1 rings (SSSR count). The maximum absolute atomic E-state index is 11.4. The van der Waals surface area contributed by atoms with Crippen LogP contribution in [0.15, 0.2) is 0 Å². The molecule has 0 radical (unpaired) electrons. The number of aliphatic carboxylic acids is 2. The number of amides is 2. The van der Waals surface area contributed by atoms with Crippen molar-refractivity contribution in [2.75, 3.05) is 18.1 Å². The molecule has 0 aromatic heterocycles. The van der Waals surface area contributed by atoms with E-state index in [1.54, 1.807) is 0 Å². The predicted octanol–water partition coefficient (Wildman–Crippen LogP) is -1.35. The van der Waals surface area contributed by atoms with Crippen LogP contribution in [0.25, 0.3) is 0 Å². The molecular weight excluding hydrogens is 292 g/mol. The van der Waals surface area contributed by atoms with Crippen molar-refractivity contribution in [2.24, 2.45) is 5.92 Å². The first-order chi connectivity index (χ1) is 9.19. The van der Waals surface area contributed by atoms with Gasteiger partial charge in [0.05, 0.1) is 17.9 Å². The first kappa shape index (κ1) is 16.2. The number of hydrogen-bond donors (Lipinski definition) is 4. The third-order valence-corrected chi connectivity index (χ3v) is 4.70. The van der Waals surface area contributed by atoms with Gasteiger partial charge in [0.25, 0.3) is 0 Å². The van der Waals surface area contributed by atoms with Gasteiger partial charge in [0.2, 0.25) is 0 Å². The molecular formula is C10H16N2O7S. The molecule has 114 valence electrons. The zero-order chi connectivity index (χ0) is 15.3. The molecule has 1 aliphatic heterocycles. The van der Waals surface area contributed by atoms with Gasteiger partial charge in [-0.15, -0.1) is 0 Å². The van der Waals surface area contributed by atoms with Gasteiger partial charge in [-0.2, -0.15) is 0 Å². The molecule has 1 unspecified atom stereocenters. The van der Waals surface area contributed by atoms with E-state index in [0.29, 0.717) is 6.42 Å². The molecule has 1 heterocycles. The summed E-state index contributed by atoms with van der Waals surface area (Å²) in [7, 11) is -3.04. The number of sulfone groups is 1. The smallest absolute Gasteiger partial charge is 0.326 e. The van der Waals surface area contributed by atoms with Crippen molar-refractivity contribution < 1.29 is 33.0 Å². The van der Waals surface area contributed by atoms with E-state index in [1.807, 2.05) is 5.32 Å². The highest BCUT2D eigenvalue weighted by Crippen LogP contribution is 2.17. The molecule has 1 saturated heterocycles. The largest absolute Gasteiger partial charge is 0.481 e. The van der Waals surface area contributed by atoms with E-state index in [-0.39, 0.29) is 24.0 Å². The molecule has 2 atom stereocenters. The summed E-state index contributed by atoms with van der Waals surface area (Å²) in [6, 6.07) is -2.36. The number of carboxylic acids is 2. The lowest BCUT2D eigenvalue weighted by Gasteiger charge is -2.14. The van der Waals surface area contributed by atoms with Gasteiger partial charge < -0.3 is 20.8 Å². The number of carbonyl (C=O) groups excluding carboxylic acids is 1. The first-order valence-corrected chi connectivity index (χ1v) is 7.71. The molecule has 0 aromatic rings. The molecule has 0 aromatic carbocycles. The van der Waals surface area contributed by atoms with Crippen molar-refractivity contribution in [3.63, 3.8) is 0 Å². The Labute approximate surface area is 115 Å². The second-order valence-corrected chi connectivity index (χ2v) is 6.84. The minimum atomic E-state index is -3.04. The lowest BCUT2D eigenvalue weighted by Crippen LogP contribution is -2.48. The van der Waals surface area contributed by atoms with Crippen LogP contribution in [0, 0.1) is 5.92 Å². The number of urea groups is 1. The number of carbonyl (C=O) groups is 3. The fourth-order valence-corrected chi connectivity index (χ4v) is 3.72. The van der Waals surface area contributed by atoms with Gasteiger partial charge in [0.1, 0.15) is 6.04 Å². The summed E-state index contributed by atoms with van der Waals surface area (Å²) in [5, 5.41) is 21.6. The molecule has 2 amide bonds. The number of nitrogens with one attached hydrogen (secondary N) is 2. The van der Waals surface area contributed by atoms with Crippen LogP contribution in [0.2, 0.25) is 0 Å². The van der Waals surface area contributed by atoms with Crippen LogP contribution in [0.3, 0.4) is 0 Å². The van der Waals surface area contributed by atoms with Crippen LogP contribution in [0.5, 0.6) is 0 Å². The Morgan fingerprint density at radius 1 is 1.25 bits per heavy atom. The Morgan fingerprint density at radius 3 is 2.35 bits per heavy atom. The van der Waals surface area contributed by atoms with E-state index in [2.05, 4.69) is 5.32 Å². The Hall–Kier alpha value is -1.84. The maximum Gasteiger partial charge on any atom is 0.326 e. The van der Waals surface area contributed by atoms with E-state index in [9.17, 15) is 22.8 Å². The summed E-state index contributed by atoms with van der Waals surface area (Å²) in [6.07, 6.45) is -0.291. The molecule has 10 heteroatoms. The Bertz CT molecular complexity index is 502. The molecule has 0 aliphatic carbocycles. The van der Waals surface area contributed by atoms with Gasteiger partial charge in [0.15, 0.2) is 9.84 Å². The van der Waals surface area contributed by atoms with Crippen molar-refractivity contribution in [2.45, 2.75) is 18.9 Å². The average Bonchev–Trinajstić information content (AvgIpc) is 2.65. The summed E-state index contributed by atoms with van der Waals surface area (Å²) < 4.78 is 22.4. The lowest BCUT2D eigenvalue weighted by atomic mass is 10.1. The molecule has 0 spiro atoms. The molecule has 9 nitrogen and oxygen atoms in total. The number of rotatable bonds is 6. The first-order valence-electron chi connectivity index (χ1n) is 5.89. The Balaban J connectivity index is 2.39. The SMILES string of the molecule is O=C(O)C[C@@H](NC(=O)NCC1CCS(=O)(=O)C1)C(=O)O. The van der Waals surface area contributed by atoms with E-state index >= 15 is 0 Å². The molecule has 4 N–H and O–H groups in total. The highest BCUT2D eigenvalue weighted by atomic mass is 32.2. The van der Waals surface area contributed by atoms with E-state index < -0.39 is 40.3 Å². The predicted molar refractivity (Wildman–Crippen MR) is 67.0 cm³/mol. The average molecular weight is 308 g/mol. The molecule has 1 fully saturated rings. The summed E-state index contributed by atoms with van der Waals surface area (Å²) in [5.41, 5.74) is 0. The Morgan fingerprint density at radius 2 is 1.90 bits per heavy atom. The highest BCUT2D eigenvalue weighted by Gasteiger charge is 2.28. The van der Waals surface area contributed by atoms with Gasteiger partial charge in [-0.25, -0.2) is 18.0 Å². The summed E-state index contributed by atoms with van der Waals surface area (Å²) in [5.74, 6) is -2.93. The van der Waals surface area contributed by atoms with E-state index in [1.165, 1.54) is 0 Å². The zero-order valence-electron chi connectivity index (χ0n) is 10.5. The third kappa shape index (κ3) is 5.43. The zero-order valence-corrected chi connectivity index (χ0v) is 11.4. The van der Waals surface area contributed by atoms with Crippen LogP contribution in [0.1, 0.15) is 12.8 Å². The van der Waals surface area contributed by atoms with Crippen molar-refractivity contribution in [1.29, 1.82) is 0 Å². The lowest BCUT2D eigenvalue weighted by molar-refractivity contribution is -0.145. The quantitative estimate of drug-likeness (QED) is 0.473. The second kappa shape index (κ2) is 6.55. The van der Waals surface area contributed by atoms with Crippen molar-refractivity contribution in [3.8, 4) is 0 Å². The van der Waals surface area contributed by atoms with Crippen molar-refractivity contribution >= 4 is 27.8 Å². The minimum absolute atomic E-state index is 0.00916. The van der Waals surface area contributed by atoms with Crippen molar-refractivity contribution in [3.05, 3.63) is 0 Å². The van der Waals surface area contributed by atoms with Crippen LogP contribution in [-0.4, -0.2) is 60.7 Å². The van der Waals surface area contributed by atoms with Gasteiger partial charge >= 0.3 is 18.0 Å². The summed E-state index contributed by atoms with van der Waals surface area (Å²) >= 11 is 0. The number of hydrogen-bond acceptors (Lipinski definition) is 5. The fraction of sp³-hybridized carbons (Fsp3) is 0.700. The minimum Gasteiger partial charge on any atom is -0.481 e. The third-order valence-electron chi connectivity index (χ3n) is 2.86. The normalized spacial score (nSPS) is 21.9. The molecule has 20 heavy (non-hydrogen) atoms. The monoisotopic (exact) mass is 308 g/mol. The topological polar surface area (TPSA) is 150 Å². The van der Waals surface area contributed by atoms with E-state index in [4.69, 9.17) is 10.2 Å². The Kier molecular flexibility index (Phi) is 5.31. The maximum atomic E-state index is 11.4. The fourth-order valence-electron chi connectivity index (χ4n) is 1.85. The van der Waals surface area contributed by atoms with Crippen LogP contribution < -0.4 is 10.6 Å². The van der Waals surface area contributed by atoms with Gasteiger partial charge in [0, 0.05) is 6.54 Å². The van der Waals surface area contributed by atoms with Gasteiger partial charge in [-0.05, 0) is 12.3 Å². The molecule has 0 saturated carbocycles. The van der Waals surface area contributed by atoms with E-state index in [0.717, 1.165) is 0 Å². The molecule has 1 aliphatic rings. The van der Waals surface area contributed by atoms with Crippen molar-refractivity contribution in [1.82, 2.24) is 10.6 Å². The standard InChI is InChI=1S/C10H16N2O7S/c13-8(14)3-7(9(15)16)12-10(17)11-4-6-1-2-20(18,19)5-6/h6-7H,1-5H2,(H,13,14)(H,15,16)(H2,11,12,17)/t6?,7-/m1/s1. The number of carboxylic acid groups (broad SMARTS) is 2. The van der Waals surface area contributed by atoms with Crippen LogP contribution >= 0.6 is 0 Å². The van der Waals surface area contributed by atoms with Crippen LogP contribution in [-0.2, 0) is 19.4 Å². The van der Waals surface area contributed by atoms with Crippen LogP contribution in [0.4, 0.5) is 4.79 Å².